The summed E-state index contributed by atoms with van der Waals surface area (Å²) >= 11 is 9.74. The van der Waals surface area contributed by atoms with Crippen molar-refractivity contribution < 1.29 is 0 Å². The van der Waals surface area contributed by atoms with Crippen molar-refractivity contribution in [3.05, 3.63) is 67.6 Å². The average molecular weight is 339 g/mol. The standard InChI is InChI=1S/C16H17BrClN/c1-9-4-5-12(14(17)6-9)16(19)13-7-11(3)15(18)8-10(13)2/h4-8,16H,19H2,1-3H3. The van der Waals surface area contributed by atoms with Crippen LogP contribution in [0.15, 0.2) is 34.8 Å². The minimum atomic E-state index is -0.147. The van der Waals surface area contributed by atoms with E-state index in [2.05, 4.69) is 47.1 Å². The summed E-state index contributed by atoms with van der Waals surface area (Å²) in [6.45, 7) is 6.11. The van der Waals surface area contributed by atoms with Crippen molar-refractivity contribution in [3.63, 3.8) is 0 Å². The van der Waals surface area contributed by atoms with Crippen molar-refractivity contribution in [2.75, 3.05) is 0 Å². The van der Waals surface area contributed by atoms with E-state index < -0.39 is 0 Å². The zero-order valence-electron chi connectivity index (χ0n) is 11.3. The fourth-order valence-corrected chi connectivity index (χ4v) is 3.15. The lowest BCUT2D eigenvalue weighted by molar-refractivity contribution is 0.854. The van der Waals surface area contributed by atoms with Gasteiger partial charge in [0.15, 0.2) is 0 Å². The monoisotopic (exact) mass is 337 g/mol. The van der Waals surface area contributed by atoms with Crippen LogP contribution in [-0.4, -0.2) is 0 Å². The molecule has 1 atom stereocenters. The highest BCUT2D eigenvalue weighted by Crippen LogP contribution is 2.31. The third-order valence-corrected chi connectivity index (χ3v) is 4.47. The molecule has 100 valence electrons. The molecule has 0 saturated carbocycles. The lowest BCUT2D eigenvalue weighted by atomic mass is 9.94. The quantitative estimate of drug-likeness (QED) is 0.812. The van der Waals surface area contributed by atoms with Gasteiger partial charge in [0.25, 0.3) is 0 Å². The molecule has 2 aromatic carbocycles. The van der Waals surface area contributed by atoms with Gasteiger partial charge in [-0.15, -0.1) is 0 Å². The Kier molecular flexibility index (Phi) is 4.34. The Labute approximate surface area is 127 Å². The Morgan fingerprint density at radius 1 is 1.00 bits per heavy atom. The molecule has 0 heterocycles. The molecule has 2 rings (SSSR count). The second kappa shape index (κ2) is 5.66. The van der Waals surface area contributed by atoms with Gasteiger partial charge in [-0.2, -0.15) is 0 Å². The van der Waals surface area contributed by atoms with Gasteiger partial charge in [0, 0.05) is 9.50 Å². The number of aryl methyl sites for hydroxylation is 3. The van der Waals surface area contributed by atoms with Gasteiger partial charge in [-0.05, 0) is 60.7 Å². The molecule has 0 aromatic heterocycles. The zero-order chi connectivity index (χ0) is 14.2. The molecule has 0 spiro atoms. The Balaban J connectivity index is 2.49. The minimum absolute atomic E-state index is 0.147. The van der Waals surface area contributed by atoms with E-state index in [0.717, 1.165) is 31.7 Å². The Hall–Kier alpha value is -0.830. The molecule has 2 N–H and O–H groups in total. The number of hydrogen-bond acceptors (Lipinski definition) is 1. The van der Waals surface area contributed by atoms with Crippen molar-refractivity contribution in [1.82, 2.24) is 0 Å². The lowest BCUT2D eigenvalue weighted by Crippen LogP contribution is -2.14. The van der Waals surface area contributed by atoms with Crippen LogP contribution < -0.4 is 5.73 Å². The third-order valence-electron chi connectivity index (χ3n) is 3.37. The molecule has 19 heavy (non-hydrogen) atoms. The highest BCUT2D eigenvalue weighted by atomic mass is 79.9. The summed E-state index contributed by atoms with van der Waals surface area (Å²) in [5.74, 6) is 0. The number of hydrogen-bond donors (Lipinski definition) is 1. The first-order valence-electron chi connectivity index (χ1n) is 6.18. The number of nitrogens with two attached hydrogens (primary N) is 1. The first kappa shape index (κ1) is 14.6. The normalized spacial score (nSPS) is 12.5. The van der Waals surface area contributed by atoms with Gasteiger partial charge in [0.1, 0.15) is 0 Å². The molecular weight excluding hydrogens is 322 g/mol. The van der Waals surface area contributed by atoms with Crippen LogP contribution in [0.3, 0.4) is 0 Å². The van der Waals surface area contributed by atoms with E-state index in [1.165, 1.54) is 5.56 Å². The summed E-state index contributed by atoms with van der Waals surface area (Å²) in [4.78, 5) is 0. The van der Waals surface area contributed by atoms with Crippen molar-refractivity contribution in [1.29, 1.82) is 0 Å². The van der Waals surface area contributed by atoms with Crippen LogP contribution in [0.1, 0.15) is 33.9 Å². The van der Waals surface area contributed by atoms with Crippen LogP contribution in [0.5, 0.6) is 0 Å². The van der Waals surface area contributed by atoms with Gasteiger partial charge in [-0.25, -0.2) is 0 Å². The summed E-state index contributed by atoms with van der Waals surface area (Å²) in [5, 5.41) is 0.788. The fourth-order valence-electron chi connectivity index (χ4n) is 2.19. The summed E-state index contributed by atoms with van der Waals surface area (Å²) in [6, 6.07) is 10.2. The molecule has 3 heteroatoms. The maximum absolute atomic E-state index is 6.41. The van der Waals surface area contributed by atoms with Gasteiger partial charge in [0.05, 0.1) is 6.04 Å². The number of halogens is 2. The lowest BCUT2D eigenvalue weighted by Gasteiger charge is -2.18. The van der Waals surface area contributed by atoms with Crippen LogP contribution in [-0.2, 0) is 0 Å². The van der Waals surface area contributed by atoms with Gasteiger partial charge in [0.2, 0.25) is 0 Å². The molecule has 0 radical (unpaired) electrons. The molecule has 2 aromatic rings. The van der Waals surface area contributed by atoms with Crippen LogP contribution in [0.4, 0.5) is 0 Å². The smallest absolute Gasteiger partial charge is 0.0565 e. The predicted molar refractivity (Wildman–Crippen MR) is 85.8 cm³/mol. The Morgan fingerprint density at radius 2 is 1.68 bits per heavy atom. The minimum Gasteiger partial charge on any atom is -0.320 e. The number of rotatable bonds is 2. The first-order valence-corrected chi connectivity index (χ1v) is 7.35. The summed E-state index contributed by atoms with van der Waals surface area (Å²) in [7, 11) is 0. The molecule has 0 bridgehead atoms. The maximum atomic E-state index is 6.41. The van der Waals surface area contributed by atoms with Gasteiger partial charge in [-0.1, -0.05) is 45.7 Å². The van der Waals surface area contributed by atoms with E-state index in [0.29, 0.717) is 0 Å². The molecule has 0 aliphatic heterocycles. The Morgan fingerprint density at radius 3 is 2.32 bits per heavy atom. The first-order chi connectivity index (χ1) is 8.90. The summed E-state index contributed by atoms with van der Waals surface area (Å²) in [5.41, 5.74) is 12.0. The van der Waals surface area contributed by atoms with E-state index in [4.69, 9.17) is 17.3 Å². The fraction of sp³-hybridized carbons (Fsp3) is 0.250. The van der Waals surface area contributed by atoms with Crippen LogP contribution in [0.25, 0.3) is 0 Å². The van der Waals surface area contributed by atoms with E-state index in [1.54, 1.807) is 0 Å². The van der Waals surface area contributed by atoms with Crippen LogP contribution >= 0.6 is 27.5 Å². The molecule has 0 aliphatic rings. The largest absolute Gasteiger partial charge is 0.320 e. The summed E-state index contributed by atoms with van der Waals surface area (Å²) in [6.07, 6.45) is 0. The van der Waals surface area contributed by atoms with E-state index in [1.807, 2.05) is 19.9 Å². The number of benzene rings is 2. The molecule has 0 amide bonds. The van der Waals surface area contributed by atoms with Crippen molar-refractivity contribution in [2.24, 2.45) is 5.73 Å². The second-order valence-corrected chi connectivity index (χ2v) is 6.22. The van der Waals surface area contributed by atoms with Gasteiger partial charge >= 0.3 is 0 Å². The van der Waals surface area contributed by atoms with Crippen LogP contribution in [0, 0.1) is 20.8 Å². The molecular formula is C16H17BrClN. The van der Waals surface area contributed by atoms with E-state index in [9.17, 15) is 0 Å². The SMILES string of the molecule is Cc1ccc(C(N)c2cc(C)c(Cl)cc2C)c(Br)c1. The highest BCUT2D eigenvalue weighted by Gasteiger charge is 2.15. The molecule has 0 aliphatic carbocycles. The topological polar surface area (TPSA) is 26.0 Å². The highest BCUT2D eigenvalue weighted by molar-refractivity contribution is 9.10. The van der Waals surface area contributed by atoms with Crippen molar-refractivity contribution >= 4 is 27.5 Å². The molecule has 1 unspecified atom stereocenters. The van der Waals surface area contributed by atoms with Crippen LogP contribution in [0.2, 0.25) is 5.02 Å². The second-order valence-electron chi connectivity index (χ2n) is 4.96. The maximum Gasteiger partial charge on any atom is 0.0565 e. The average Bonchev–Trinajstić information content (AvgIpc) is 2.33. The molecule has 0 fully saturated rings. The molecule has 0 saturated heterocycles. The predicted octanol–water partition coefficient (Wildman–Crippen LogP) is 5.08. The summed E-state index contributed by atoms with van der Waals surface area (Å²) < 4.78 is 1.05. The van der Waals surface area contributed by atoms with E-state index in [-0.39, 0.29) is 6.04 Å². The van der Waals surface area contributed by atoms with Crippen molar-refractivity contribution in [3.8, 4) is 0 Å². The van der Waals surface area contributed by atoms with Gasteiger partial charge < -0.3 is 5.73 Å². The third kappa shape index (κ3) is 3.02. The van der Waals surface area contributed by atoms with Gasteiger partial charge in [-0.3, -0.25) is 0 Å². The van der Waals surface area contributed by atoms with E-state index >= 15 is 0 Å². The zero-order valence-corrected chi connectivity index (χ0v) is 13.6. The Bertz CT molecular complexity index is 622. The molecule has 1 nitrogen and oxygen atoms in total. The van der Waals surface area contributed by atoms with Crippen molar-refractivity contribution in [2.45, 2.75) is 26.8 Å².